The van der Waals surface area contributed by atoms with Gasteiger partial charge in [0.05, 0.1) is 18.9 Å². The van der Waals surface area contributed by atoms with Gasteiger partial charge in [-0.25, -0.2) is 4.98 Å². The van der Waals surface area contributed by atoms with E-state index in [1.165, 1.54) is 0 Å². The average Bonchev–Trinajstić information content (AvgIpc) is 2.22. The maximum Gasteiger partial charge on any atom is 0.149 e. The minimum Gasteiger partial charge on any atom is -0.396 e. The number of hydrogen-bond donors (Lipinski definition) is 4. The Labute approximate surface area is 88.1 Å². The summed E-state index contributed by atoms with van der Waals surface area (Å²) in [7, 11) is 0. The fraction of sp³-hybridized carbons (Fsp3) is 0.444. The predicted molar refractivity (Wildman–Crippen MR) is 59.4 cm³/mol. The Morgan fingerprint density at radius 1 is 1.13 bits per heavy atom. The van der Waals surface area contributed by atoms with Crippen LogP contribution in [0.15, 0.2) is 12.1 Å². The second-order valence-electron chi connectivity index (χ2n) is 3.08. The molecule has 0 saturated carbocycles. The van der Waals surface area contributed by atoms with Gasteiger partial charge in [-0.3, -0.25) is 0 Å². The van der Waals surface area contributed by atoms with Crippen LogP contribution in [0, 0.1) is 0 Å². The molecule has 1 aromatic heterocycles. The fourth-order valence-corrected chi connectivity index (χ4v) is 1.23. The van der Waals surface area contributed by atoms with Crippen LogP contribution in [-0.4, -0.2) is 41.5 Å². The monoisotopic (exact) mass is 212 g/mol. The summed E-state index contributed by atoms with van der Waals surface area (Å²) in [6.45, 7) is 0.783. The maximum absolute atomic E-state index is 8.84. The van der Waals surface area contributed by atoms with Crippen molar-refractivity contribution in [1.82, 2.24) is 4.98 Å². The summed E-state index contributed by atoms with van der Waals surface area (Å²) in [5.74, 6) is 0.859. The number of aliphatic hydroxyl groups is 2. The molecule has 15 heavy (non-hydrogen) atoms. The zero-order valence-corrected chi connectivity index (χ0v) is 8.43. The van der Waals surface area contributed by atoms with Crippen LogP contribution < -0.4 is 16.4 Å². The van der Waals surface area contributed by atoms with E-state index in [-0.39, 0.29) is 19.0 Å². The van der Waals surface area contributed by atoms with Crippen LogP contribution >= 0.6 is 0 Å². The molecule has 6 N–H and O–H groups in total. The molecule has 0 aliphatic carbocycles. The lowest BCUT2D eigenvalue weighted by Crippen LogP contribution is -2.30. The van der Waals surface area contributed by atoms with Gasteiger partial charge in [0.25, 0.3) is 0 Å². The van der Waals surface area contributed by atoms with E-state index in [0.29, 0.717) is 24.6 Å². The SMILES string of the molecule is Nc1ccc(N(CCO)CCO)nc1N. The highest BCUT2D eigenvalue weighted by atomic mass is 16.3. The summed E-state index contributed by atoms with van der Waals surface area (Å²) < 4.78 is 0. The third kappa shape index (κ3) is 2.97. The first kappa shape index (κ1) is 11.5. The van der Waals surface area contributed by atoms with Gasteiger partial charge < -0.3 is 26.6 Å². The molecule has 0 atom stereocenters. The summed E-state index contributed by atoms with van der Waals surface area (Å²) in [4.78, 5) is 5.80. The van der Waals surface area contributed by atoms with E-state index < -0.39 is 0 Å². The van der Waals surface area contributed by atoms with E-state index >= 15 is 0 Å². The average molecular weight is 212 g/mol. The lowest BCUT2D eigenvalue weighted by atomic mass is 10.3. The molecular weight excluding hydrogens is 196 g/mol. The Bertz CT molecular complexity index is 313. The van der Waals surface area contributed by atoms with Crippen LogP contribution in [0.1, 0.15) is 0 Å². The lowest BCUT2D eigenvalue weighted by molar-refractivity contribution is 0.280. The van der Waals surface area contributed by atoms with Crippen LogP contribution in [0.5, 0.6) is 0 Å². The van der Waals surface area contributed by atoms with Gasteiger partial charge in [0.1, 0.15) is 11.6 Å². The van der Waals surface area contributed by atoms with E-state index in [2.05, 4.69) is 4.98 Å². The zero-order valence-electron chi connectivity index (χ0n) is 8.43. The number of nitrogens with zero attached hydrogens (tertiary/aromatic N) is 2. The Morgan fingerprint density at radius 3 is 2.20 bits per heavy atom. The highest BCUT2D eigenvalue weighted by Gasteiger charge is 2.07. The molecule has 0 spiro atoms. The Morgan fingerprint density at radius 2 is 1.73 bits per heavy atom. The molecule has 0 amide bonds. The van der Waals surface area contributed by atoms with E-state index in [1.54, 1.807) is 17.0 Å². The predicted octanol–water partition coefficient (Wildman–Crippen LogP) is -0.963. The number of pyridine rings is 1. The van der Waals surface area contributed by atoms with Gasteiger partial charge in [0, 0.05) is 13.1 Å². The topological polar surface area (TPSA) is 109 Å². The summed E-state index contributed by atoms with van der Waals surface area (Å²) >= 11 is 0. The number of nitrogen functional groups attached to an aromatic ring is 2. The third-order valence-electron chi connectivity index (χ3n) is 2.01. The molecule has 0 bridgehead atoms. The fourth-order valence-electron chi connectivity index (χ4n) is 1.23. The summed E-state index contributed by atoms with van der Waals surface area (Å²) in [6, 6.07) is 3.36. The van der Waals surface area contributed by atoms with Crippen molar-refractivity contribution in [2.75, 3.05) is 42.7 Å². The summed E-state index contributed by atoms with van der Waals surface area (Å²) in [5, 5.41) is 17.7. The Balaban J connectivity index is 2.85. The van der Waals surface area contributed by atoms with E-state index in [4.69, 9.17) is 21.7 Å². The lowest BCUT2D eigenvalue weighted by Gasteiger charge is -2.22. The minimum absolute atomic E-state index is 0.00798. The van der Waals surface area contributed by atoms with Crippen molar-refractivity contribution in [3.8, 4) is 0 Å². The van der Waals surface area contributed by atoms with Gasteiger partial charge in [0.2, 0.25) is 0 Å². The second kappa shape index (κ2) is 5.38. The van der Waals surface area contributed by atoms with E-state index in [9.17, 15) is 0 Å². The van der Waals surface area contributed by atoms with Crippen molar-refractivity contribution in [2.45, 2.75) is 0 Å². The third-order valence-corrected chi connectivity index (χ3v) is 2.01. The number of aromatic nitrogens is 1. The van der Waals surface area contributed by atoms with Crippen molar-refractivity contribution in [1.29, 1.82) is 0 Å². The molecule has 6 heteroatoms. The molecule has 6 nitrogen and oxygen atoms in total. The first-order valence-electron chi connectivity index (χ1n) is 4.67. The van der Waals surface area contributed by atoms with Crippen LogP contribution in [-0.2, 0) is 0 Å². The van der Waals surface area contributed by atoms with Crippen molar-refractivity contribution in [2.24, 2.45) is 0 Å². The molecule has 84 valence electrons. The molecular formula is C9H16N4O2. The largest absolute Gasteiger partial charge is 0.396 e. The molecule has 1 rings (SSSR count). The number of rotatable bonds is 5. The molecule has 1 aromatic rings. The smallest absolute Gasteiger partial charge is 0.149 e. The molecule has 0 saturated heterocycles. The van der Waals surface area contributed by atoms with Crippen molar-refractivity contribution < 1.29 is 10.2 Å². The van der Waals surface area contributed by atoms with Gasteiger partial charge in [-0.15, -0.1) is 0 Å². The first-order valence-corrected chi connectivity index (χ1v) is 4.67. The van der Waals surface area contributed by atoms with Crippen molar-refractivity contribution in [3.63, 3.8) is 0 Å². The van der Waals surface area contributed by atoms with Gasteiger partial charge in [-0.1, -0.05) is 0 Å². The molecule has 0 unspecified atom stereocenters. The van der Waals surface area contributed by atoms with Gasteiger partial charge in [-0.05, 0) is 12.1 Å². The number of anilines is 3. The highest BCUT2D eigenvalue weighted by Crippen LogP contribution is 2.17. The maximum atomic E-state index is 8.84. The van der Waals surface area contributed by atoms with Gasteiger partial charge in [-0.2, -0.15) is 0 Å². The van der Waals surface area contributed by atoms with Crippen molar-refractivity contribution >= 4 is 17.3 Å². The Kier molecular flexibility index (Phi) is 4.14. The standard InChI is InChI=1S/C9H16N4O2/c10-7-1-2-8(12-9(7)11)13(3-5-14)4-6-15/h1-2,14-15H,3-6,10H2,(H2,11,12). The van der Waals surface area contributed by atoms with Gasteiger partial charge >= 0.3 is 0 Å². The first-order chi connectivity index (χ1) is 7.19. The normalized spacial score (nSPS) is 10.3. The zero-order chi connectivity index (χ0) is 11.3. The highest BCUT2D eigenvalue weighted by molar-refractivity contribution is 5.62. The molecule has 0 aromatic carbocycles. The molecule has 0 aliphatic rings. The molecule has 1 heterocycles. The van der Waals surface area contributed by atoms with E-state index in [0.717, 1.165) is 0 Å². The van der Waals surface area contributed by atoms with Crippen LogP contribution in [0.4, 0.5) is 17.3 Å². The van der Waals surface area contributed by atoms with E-state index in [1.807, 2.05) is 0 Å². The summed E-state index contributed by atoms with van der Waals surface area (Å²) in [5.41, 5.74) is 11.5. The number of hydrogen-bond acceptors (Lipinski definition) is 6. The molecule has 0 aliphatic heterocycles. The Hall–Kier alpha value is -1.53. The quantitative estimate of drug-likeness (QED) is 0.500. The van der Waals surface area contributed by atoms with Crippen molar-refractivity contribution in [3.05, 3.63) is 12.1 Å². The number of aliphatic hydroxyl groups excluding tert-OH is 2. The van der Waals surface area contributed by atoms with Crippen LogP contribution in [0.2, 0.25) is 0 Å². The molecule has 0 fully saturated rings. The van der Waals surface area contributed by atoms with Gasteiger partial charge in [0.15, 0.2) is 0 Å². The minimum atomic E-state index is -0.00798. The summed E-state index contributed by atoms with van der Waals surface area (Å²) in [6.07, 6.45) is 0. The second-order valence-corrected chi connectivity index (χ2v) is 3.08. The van der Waals surface area contributed by atoms with Crippen LogP contribution in [0.25, 0.3) is 0 Å². The number of nitrogens with two attached hydrogens (primary N) is 2. The molecule has 0 radical (unpaired) electrons. The van der Waals surface area contributed by atoms with Crippen LogP contribution in [0.3, 0.4) is 0 Å².